The van der Waals surface area contributed by atoms with E-state index in [1.165, 1.54) is 0 Å². The van der Waals surface area contributed by atoms with E-state index in [0.717, 1.165) is 35.3 Å². The molecule has 0 amide bonds. The number of nitrogens with zero attached hydrogens (tertiary/aromatic N) is 5. The smallest absolute Gasteiger partial charge is 0.307 e. The Morgan fingerprint density at radius 3 is 2.68 bits per heavy atom. The molecule has 0 radical (unpaired) electrons. The van der Waals surface area contributed by atoms with Crippen molar-refractivity contribution in [2.24, 2.45) is 5.92 Å². The SMILES string of the molecule is O=C(O)C1CCCN(CC(O)c2ccc(-c3noc(-c4cnn(-c5ccccc5)c4)n3)cc2)C1. The molecular formula is C25H25N5O4. The Balaban J connectivity index is 1.25. The molecule has 2 atom stereocenters. The van der Waals surface area contributed by atoms with Gasteiger partial charge in [-0.05, 0) is 37.1 Å². The van der Waals surface area contributed by atoms with Crippen LogP contribution in [0.4, 0.5) is 0 Å². The highest BCUT2D eigenvalue weighted by atomic mass is 16.5. The van der Waals surface area contributed by atoms with Gasteiger partial charge in [0.05, 0.1) is 29.5 Å². The van der Waals surface area contributed by atoms with Crippen molar-refractivity contribution in [3.8, 4) is 28.5 Å². The number of hydrogen-bond acceptors (Lipinski definition) is 7. The van der Waals surface area contributed by atoms with Gasteiger partial charge in [0.25, 0.3) is 5.89 Å². The van der Waals surface area contributed by atoms with E-state index in [9.17, 15) is 15.0 Å². The first kappa shape index (κ1) is 22.0. The average Bonchev–Trinajstić information content (AvgIpc) is 3.55. The Bertz CT molecular complexity index is 1250. The van der Waals surface area contributed by atoms with Crippen molar-refractivity contribution in [1.82, 2.24) is 24.8 Å². The van der Waals surface area contributed by atoms with E-state index < -0.39 is 12.1 Å². The summed E-state index contributed by atoms with van der Waals surface area (Å²) in [6, 6.07) is 17.1. The van der Waals surface area contributed by atoms with Crippen molar-refractivity contribution in [1.29, 1.82) is 0 Å². The number of likely N-dealkylation sites (tertiary alicyclic amines) is 1. The fourth-order valence-corrected chi connectivity index (χ4v) is 4.24. The number of benzene rings is 2. The number of aliphatic hydroxyl groups excluding tert-OH is 1. The first-order valence-electron chi connectivity index (χ1n) is 11.2. The Hall–Kier alpha value is -3.82. The van der Waals surface area contributed by atoms with Crippen molar-refractivity contribution in [2.45, 2.75) is 18.9 Å². The Morgan fingerprint density at radius 1 is 1.12 bits per heavy atom. The van der Waals surface area contributed by atoms with Gasteiger partial charge in [0, 0.05) is 24.8 Å². The summed E-state index contributed by atoms with van der Waals surface area (Å²) in [5.41, 5.74) is 3.18. The molecule has 2 aromatic carbocycles. The normalized spacial score (nSPS) is 17.5. The third-order valence-electron chi connectivity index (χ3n) is 6.12. The van der Waals surface area contributed by atoms with Crippen molar-refractivity contribution >= 4 is 5.97 Å². The van der Waals surface area contributed by atoms with Gasteiger partial charge in [-0.15, -0.1) is 0 Å². The van der Waals surface area contributed by atoms with E-state index in [1.807, 2.05) is 65.7 Å². The van der Waals surface area contributed by atoms with Gasteiger partial charge in [0.15, 0.2) is 0 Å². The lowest BCUT2D eigenvalue weighted by Crippen LogP contribution is -2.40. The van der Waals surface area contributed by atoms with Crippen molar-refractivity contribution < 1.29 is 19.5 Å². The van der Waals surface area contributed by atoms with Crippen LogP contribution in [0.15, 0.2) is 71.5 Å². The molecule has 5 rings (SSSR count). The van der Waals surface area contributed by atoms with Crippen molar-refractivity contribution in [3.63, 3.8) is 0 Å². The van der Waals surface area contributed by atoms with Gasteiger partial charge < -0.3 is 14.7 Å². The molecule has 4 aromatic rings. The molecule has 1 aliphatic heterocycles. The number of aliphatic carboxylic acids is 1. The quantitative estimate of drug-likeness (QED) is 0.432. The zero-order chi connectivity index (χ0) is 23.5. The summed E-state index contributed by atoms with van der Waals surface area (Å²) in [7, 11) is 0. The predicted octanol–water partition coefficient (Wildman–Crippen LogP) is 3.42. The second kappa shape index (κ2) is 9.58. The molecule has 1 saturated heterocycles. The molecule has 0 aliphatic carbocycles. The third kappa shape index (κ3) is 4.75. The number of aromatic nitrogens is 4. The van der Waals surface area contributed by atoms with Crippen LogP contribution in [0.1, 0.15) is 24.5 Å². The minimum atomic E-state index is -0.768. The first-order chi connectivity index (χ1) is 16.6. The van der Waals surface area contributed by atoms with Gasteiger partial charge >= 0.3 is 5.97 Å². The minimum absolute atomic E-state index is 0.365. The van der Waals surface area contributed by atoms with E-state index in [-0.39, 0.29) is 5.92 Å². The van der Waals surface area contributed by atoms with Gasteiger partial charge in [-0.3, -0.25) is 9.69 Å². The van der Waals surface area contributed by atoms with Gasteiger partial charge in [0.2, 0.25) is 5.82 Å². The van der Waals surface area contributed by atoms with Crippen LogP contribution in [0.2, 0.25) is 0 Å². The molecule has 34 heavy (non-hydrogen) atoms. The zero-order valence-electron chi connectivity index (χ0n) is 18.5. The van der Waals surface area contributed by atoms with Gasteiger partial charge in [0.1, 0.15) is 0 Å². The standard InChI is InChI=1S/C25H25N5O4/c31-22(16-29-12-4-5-19(14-29)25(32)33)17-8-10-18(11-9-17)23-27-24(34-28-23)20-13-26-30(15-20)21-6-2-1-3-7-21/h1-3,6-11,13,15,19,22,31H,4-5,12,14,16H2,(H,32,33). The zero-order valence-corrected chi connectivity index (χ0v) is 18.5. The summed E-state index contributed by atoms with van der Waals surface area (Å²) >= 11 is 0. The summed E-state index contributed by atoms with van der Waals surface area (Å²) in [4.78, 5) is 17.8. The maximum absolute atomic E-state index is 11.3. The van der Waals surface area contributed by atoms with Crippen LogP contribution in [0.25, 0.3) is 28.5 Å². The third-order valence-corrected chi connectivity index (χ3v) is 6.12. The van der Waals surface area contributed by atoms with E-state index >= 15 is 0 Å². The van der Waals surface area contributed by atoms with Gasteiger partial charge in [-0.2, -0.15) is 10.1 Å². The lowest BCUT2D eigenvalue weighted by Gasteiger charge is -2.32. The highest BCUT2D eigenvalue weighted by Gasteiger charge is 2.26. The summed E-state index contributed by atoms with van der Waals surface area (Å²) in [6.07, 6.45) is 4.33. The van der Waals surface area contributed by atoms with Crippen LogP contribution >= 0.6 is 0 Å². The molecule has 2 aromatic heterocycles. The number of aliphatic hydroxyl groups is 1. The summed E-state index contributed by atoms with van der Waals surface area (Å²) in [5.74, 6) is -0.311. The Morgan fingerprint density at radius 2 is 1.91 bits per heavy atom. The van der Waals surface area contributed by atoms with E-state index in [0.29, 0.717) is 31.2 Å². The number of piperidine rings is 1. The molecule has 2 unspecified atom stereocenters. The van der Waals surface area contributed by atoms with Gasteiger partial charge in [-0.25, -0.2) is 4.68 Å². The molecule has 0 saturated carbocycles. The number of β-amino-alcohol motifs (C(OH)–C–C–N with tert-alkyl or cyclic N) is 1. The number of carboxylic acids is 1. The second-order valence-corrected chi connectivity index (χ2v) is 8.51. The molecule has 1 aliphatic rings. The lowest BCUT2D eigenvalue weighted by molar-refractivity contribution is -0.143. The van der Waals surface area contributed by atoms with Crippen LogP contribution in [-0.2, 0) is 4.79 Å². The van der Waals surface area contributed by atoms with Crippen LogP contribution in [0, 0.1) is 5.92 Å². The molecule has 9 nitrogen and oxygen atoms in total. The van der Waals surface area contributed by atoms with Crippen LogP contribution in [-0.4, -0.2) is 60.6 Å². The molecule has 1 fully saturated rings. The van der Waals surface area contributed by atoms with E-state index in [2.05, 4.69) is 15.2 Å². The highest BCUT2D eigenvalue weighted by Crippen LogP contribution is 2.25. The maximum Gasteiger partial charge on any atom is 0.307 e. The lowest BCUT2D eigenvalue weighted by atomic mass is 9.97. The summed E-state index contributed by atoms with van der Waals surface area (Å²) in [6.45, 7) is 1.67. The maximum atomic E-state index is 11.3. The number of carboxylic acid groups (broad SMARTS) is 1. The monoisotopic (exact) mass is 459 g/mol. The molecule has 0 spiro atoms. The van der Waals surface area contributed by atoms with Crippen LogP contribution in [0.5, 0.6) is 0 Å². The fourth-order valence-electron chi connectivity index (χ4n) is 4.24. The number of hydrogen-bond donors (Lipinski definition) is 2. The van der Waals surface area contributed by atoms with Gasteiger partial charge in [-0.1, -0.05) is 47.6 Å². The molecule has 2 N–H and O–H groups in total. The summed E-state index contributed by atoms with van der Waals surface area (Å²) < 4.78 is 7.19. The van der Waals surface area contributed by atoms with Crippen LogP contribution < -0.4 is 0 Å². The molecule has 9 heteroatoms. The van der Waals surface area contributed by atoms with Crippen LogP contribution in [0.3, 0.4) is 0 Å². The topological polar surface area (TPSA) is 118 Å². The number of para-hydroxylation sites is 1. The predicted molar refractivity (Wildman–Crippen MR) is 124 cm³/mol. The molecule has 0 bridgehead atoms. The molecular weight excluding hydrogens is 434 g/mol. The van der Waals surface area contributed by atoms with Crippen molar-refractivity contribution in [2.75, 3.05) is 19.6 Å². The first-order valence-corrected chi connectivity index (χ1v) is 11.2. The molecule has 3 heterocycles. The average molecular weight is 460 g/mol. The minimum Gasteiger partial charge on any atom is -0.481 e. The number of rotatable bonds is 7. The Kier molecular flexibility index (Phi) is 6.20. The van der Waals surface area contributed by atoms with E-state index in [4.69, 9.17) is 4.52 Å². The second-order valence-electron chi connectivity index (χ2n) is 8.51. The largest absolute Gasteiger partial charge is 0.481 e. The highest BCUT2D eigenvalue weighted by molar-refractivity contribution is 5.70. The molecule has 174 valence electrons. The Labute approximate surface area is 196 Å². The van der Waals surface area contributed by atoms with Crippen molar-refractivity contribution in [3.05, 3.63) is 72.6 Å². The summed E-state index contributed by atoms with van der Waals surface area (Å²) in [5, 5.41) is 28.4. The fraction of sp³-hybridized carbons (Fsp3) is 0.280. The van der Waals surface area contributed by atoms with E-state index in [1.54, 1.807) is 10.9 Å². The number of carbonyl (C=O) groups is 1.